The normalized spacial score (nSPS) is 22.2. The maximum Gasteiger partial charge on any atom is 0.204 e. The molecule has 1 aliphatic rings. The first-order valence-electron chi connectivity index (χ1n) is 8.36. The fraction of sp³-hybridized carbons (Fsp3) is 0.143. The zero-order valence-electron chi connectivity index (χ0n) is 14.2. The summed E-state index contributed by atoms with van der Waals surface area (Å²) in [7, 11) is -3.59. The van der Waals surface area contributed by atoms with Crippen molar-refractivity contribution in [2.24, 2.45) is 0 Å². The van der Waals surface area contributed by atoms with Crippen LogP contribution in [0.4, 0.5) is 5.69 Å². The summed E-state index contributed by atoms with van der Waals surface area (Å²) >= 11 is 6.17. The Balaban J connectivity index is 1.87. The molecule has 2 unspecified atom stereocenters. The molecule has 0 spiro atoms. The van der Waals surface area contributed by atoms with Gasteiger partial charge in [-0.15, -0.1) is 0 Å². The van der Waals surface area contributed by atoms with Crippen LogP contribution in [0, 0.1) is 0 Å². The van der Waals surface area contributed by atoms with Crippen molar-refractivity contribution in [2.75, 3.05) is 4.90 Å². The van der Waals surface area contributed by atoms with E-state index in [1.807, 2.05) is 59.5 Å². The van der Waals surface area contributed by atoms with Crippen molar-refractivity contribution >= 4 is 27.1 Å². The first-order chi connectivity index (χ1) is 12.5. The van der Waals surface area contributed by atoms with Gasteiger partial charge in [0.05, 0.1) is 10.9 Å². The molecule has 1 heterocycles. The molecule has 4 rings (SSSR count). The number of sulfone groups is 1. The summed E-state index contributed by atoms with van der Waals surface area (Å²) in [6.07, 6.45) is 0. The van der Waals surface area contributed by atoms with Gasteiger partial charge >= 0.3 is 0 Å². The molecule has 0 radical (unpaired) electrons. The van der Waals surface area contributed by atoms with E-state index in [4.69, 9.17) is 11.6 Å². The standard InChI is InChI=1S/C21H18ClNO2S/c1-21(26(24,25)19-13-6-3-7-14-19)20(16-9-8-10-17(22)15-16)23(21)18-11-4-2-5-12-18/h2-15,20H,1H3. The third kappa shape index (κ3) is 2.52. The lowest BCUT2D eigenvalue weighted by Gasteiger charge is -2.14. The number of rotatable bonds is 4. The van der Waals surface area contributed by atoms with Crippen LogP contribution in [0.5, 0.6) is 0 Å². The first kappa shape index (κ1) is 17.1. The van der Waals surface area contributed by atoms with Crippen molar-refractivity contribution in [1.82, 2.24) is 0 Å². The van der Waals surface area contributed by atoms with Gasteiger partial charge in [-0.25, -0.2) is 8.42 Å². The Morgan fingerprint density at radius 3 is 2.12 bits per heavy atom. The van der Waals surface area contributed by atoms with E-state index in [1.54, 1.807) is 37.3 Å². The van der Waals surface area contributed by atoms with E-state index in [1.165, 1.54) is 0 Å². The lowest BCUT2D eigenvalue weighted by atomic mass is 10.1. The highest BCUT2D eigenvalue weighted by atomic mass is 35.5. The Labute approximate surface area is 158 Å². The van der Waals surface area contributed by atoms with Gasteiger partial charge in [-0.3, -0.25) is 0 Å². The van der Waals surface area contributed by atoms with Crippen molar-refractivity contribution in [3.63, 3.8) is 0 Å². The average Bonchev–Trinajstić information content (AvgIpc) is 3.31. The Morgan fingerprint density at radius 2 is 1.50 bits per heavy atom. The van der Waals surface area contributed by atoms with Crippen LogP contribution in [-0.4, -0.2) is 13.3 Å². The summed E-state index contributed by atoms with van der Waals surface area (Å²) in [4.78, 5) is 1.20. The second kappa shape index (κ2) is 6.15. The first-order valence-corrected chi connectivity index (χ1v) is 10.2. The van der Waals surface area contributed by atoms with E-state index in [-0.39, 0.29) is 6.04 Å². The highest BCUT2D eigenvalue weighted by Crippen LogP contribution is 2.60. The molecule has 0 aromatic heterocycles. The van der Waals surface area contributed by atoms with Gasteiger partial charge in [0.2, 0.25) is 9.84 Å². The van der Waals surface area contributed by atoms with Crippen LogP contribution in [0.25, 0.3) is 0 Å². The molecular weight excluding hydrogens is 366 g/mol. The maximum absolute atomic E-state index is 13.5. The van der Waals surface area contributed by atoms with Gasteiger partial charge in [0.1, 0.15) is 0 Å². The van der Waals surface area contributed by atoms with Gasteiger partial charge in [0.15, 0.2) is 4.87 Å². The molecule has 3 aromatic rings. The third-order valence-electron chi connectivity index (χ3n) is 4.97. The Bertz CT molecular complexity index is 1040. The van der Waals surface area contributed by atoms with Crippen molar-refractivity contribution in [3.05, 3.63) is 95.5 Å². The van der Waals surface area contributed by atoms with Crippen LogP contribution in [0.3, 0.4) is 0 Å². The Hall–Kier alpha value is -2.30. The molecule has 3 aromatic carbocycles. The van der Waals surface area contributed by atoms with Crippen LogP contribution in [0.15, 0.2) is 89.8 Å². The molecule has 3 nitrogen and oxygen atoms in total. The van der Waals surface area contributed by atoms with Crippen LogP contribution in [0.1, 0.15) is 18.5 Å². The number of benzene rings is 3. The number of para-hydroxylation sites is 1. The van der Waals surface area contributed by atoms with Crippen molar-refractivity contribution in [3.8, 4) is 0 Å². The Kier molecular flexibility index (Phi) is 4.05. The minimum atomic E-state index is -3.59. The summed E-state index contributed by atoms with van der Waals surface area (Å²) in [6, 6.07) is 25.4. The van der Waals surface area contributed by atoms with Gasteiger partial charge in [0, 0.05) is 10.7 Å². The molecule has 0 N–H and O–H groups in total. The molecule has 0 bridgehead atoms. The predicted molar refractivity (Wildman–Crippen MR) is 105 cm³/mol. The molecule has 1 saturated heterocycles. The largest absolute Gasteiger partial charge is 0.340 e. The van der Waals surface area contributed by atoms with Crippen molar-refractivity contribution in [2.45, 2.75) is 22.7 Å². The molecule has 26 heavy (non-hydrogen) atoms. The quantitative estimate of drug-likeness (QED) is 0.589. The molecule has 0 aliphatic carbocycles. The third-order valence-corrected chi connectivity index (χ3v) is 7.61. The van der Waals surface area contributed by atoms with Gasteiger partial charge < -0.3 is 4.90 Å². The number of hydrogen-bond donors (Lipinski definition) is 0. The summed E-state index contributed by atoms with van der Waals surface area (Å²) in [6.45, 7) is 1.79. The summed E-state index contributed by atoms with van der Waals surface area (Å²) < 4.78 is 27.0. The Morgan fingerprint density at radius 1 is 0.885 bits per heavy atom. The molecule has 2 atom stereocenters. The fourth-order valence-electron chi connectivity index (χ4n) is 3.61. The van der Waals surface area contributed by atoms with E-state index in [0.717, 1.165) is 11.3 Å². The molecule has 1 fully saturated rings. The zero-order valence-corrected chi connectivity index (χ0v) is 15.8. The second-order valence-corrected chi connectivity index (χ2v) is 9.28. The van der Waals surface area contributed by atoms with E-state index in [0.29, 0.717) is 9.92 Å². The lowest BCUT2D eigenvalue weighted by Crippen LogP contribution is -2.26. The van der Waals surface area contributed by atoms with Crippen molar-refractivity contribution in [1.29, 1.82) is 0 Å². The lowest BCUT2D eigenvalue weighted by molar-refractivity contribution is 0.580. The number of nitrogens with zero attached hydrogens (tertiary/aromatic N) is 1. The zero-order chi connectivity index (χ0) is 18.4. The second-order valence-electron chi connectivity index (χ2n) is 6.53. The molecular formula is C21H18ClNO2S. The van der Waals surface area contributed by atoms with Crippen LogP contribution >= 0.6 is 11.6 Å². The van der Waals surface area contributed by atoms with Crippen molar-refractivity contribution < 1.29 is 8.42 Å². The molecule has 1 aliphatic heterocycles. The van der Waals surface area contributed by atoms with Gasteiger partial charge in [0.25, 0.3) is 0 Å². The molecule has 0 saturated carbocycles. The van der Waals surface area contributed by atoms with Crippen LogP contribution < -0.4 is 4.90 Å². The van der Waals surface area contributed by atoms with Gasteiger partial charge in [-0.1, -0.05) is 60.1 Å². The molecule has 0 amide bonds. The molecule has 132 valence electrons. The van der Waals surface area contributed by atoms with E-state index in [2.05, 4.69) is 0 Å². The van der Waals surface area contributed by atoms with Crippen LogP contribution in [-0.2, 0) is 9.84 Å². The van der Waals surface area contributed by atoms with Gasteiger partial charge in [-0.05, 0) is 48.9 Å². The number of anilines is 1. The SMILES string of the molecule is CC1(S(=O)(=O)c2ccccc2)C(c2cccc(Cl)c2)N1c1ccccc1. The highest BCUT2D eigenvalue weighted by molar-refractivity contribution is 7.93. The number of halogens is 1. The summed E-state index contributed by atoms with van der Waals surface area (Å²) in [5.74, 6) is 0. The highest BCUT2D eigenvalue weighted by Gasteiger charge is 2.68. The van der Waals surface area contributed by atoms with Crippen LogP contribution in [0.2, 0.25) is 5.02 Å². The van der Waals surface area contributed by atoms with E-state index >= 15 is 0 Å². The topological polar surface area (TPSA) is 37.1 Å². The van der Waals surface area contributed by atoms with Gasteiger partial charge in [-0.2, -0.15) is 0 Å². The smallest absolute Gasteiger partial charge is 0.204 e. The number of hydrogen-bond acceptors (Lipinski definition) is 3. The molecule has 5 heteroatoms. The van der Waals surface area contributed by atoms with E-state index < -0.39 is 14.7 Å². The summed E-state index contributed by atoms with van der Waals surface area (Å²) in [5, 5.41) is 0.599. The summed E-state index contributed by atoms with van der Waals surface area (Å²) in [5.41, 5.74) is 1.77. The fourth-order valence-corrected chi connectivity index (χ4v) is 5.76. The minimum Gasteiger partial charge on any atom is -0.340 e. The monoisotopic (exact) mass is 383 g/mol. The minimum absolute atomic E-state index is 0.297. The average molecular weight is 384 g/mol. The van der Waals surface area contributed by atoms with E-state index in [9.17, 15) is 8.42 Å². The maximum atomic E-state index is 13.5. The predicted octanol–water partition coefficient (Wildman–Crippen LogP) is 5.09.